The van der Waals surface area contributed by atoms with Crippen LogP contribution in [0.3, 0.4) is 0 Å². The zero-order valence-electron chi connectivity index (χ0n) is 9.90. The molecule has 0 saturated heterocycles. The van der Waals surface area contributed by atoms with Gasteiger partial charge in [0, 0.05) is 11.6 Å². The van der Waals surface area contributed by atoms with Gasteiger partial charge >= 0.3 is 0 Å². The highest BCUT2D eigenvalue weighted by atomic mass is 19.1. The predicted molar refractivity (Wildman–Crippen MR) is 64.5 cm³/mol. The SMILES string of the molecule is CC(C)NC(N)=NC1COc2ccc(F)cc21. The maximum Gasteiger partial charge on any atom is 0.189 e. The molecule has 1 aliphatic heterocycles. The molecule has 1 aliphatic rings. The zero-order valence-corrected chi connectivity index (χ0v) is 9.90. The molecule has 1 heterocycles. The molecule has 17 heavy (non-hydrogen) atoms. The van der Waals surface area contributed by atoms with Crippen LogP contribution in [0.4, 0.5) is 4.39 Å². The molecular weight excluding hydrogens is 221 g/mol. The van der Waals surface area contributed by atoms with E-state index in [1.807, 2.05) is 13.8 Å². The van der Waals surface area contributed by atoms with Gasteiger partial charge in [0.2, 0.25) is 0 Å². The molecule has 1 unspecified atom stereocenters. The summed E-state index contributed by atoms with van der Waals surface area (Å²) in [7, 11) is 0. The van der Waals surface area contributed by atoms with E-state index in [4.69, 9.17) is 10.5 Å². The average Bonchev–Trinajstić information content (AvgIpc) is 2.60. The number of hydrogen-bond donors (Lipinski definition) is 2. The van der Waals surface area contributed by atoms with Gasteiger partial charge in [-0.1, -0.05) is 0 Å². The molecule has 5 heteroatoms. The van der Waals surface area contributed by atoms with E-state index in [1.165, 1.54) is 12.1 Å². The van der Waals surface area contributed by atoms with E-state index in [0.29, 0.717) is 18.3 Å². The fourth-order valence-corrected chi connectivity index (χ4v) is 1.78. The standard InChI is InChI=1S/C12H16FN3O/c1-7(2)15-12(14)16-10-6-17-11-4-3-8(13)5-9(10)11/h3-5,7,10H,6H2,1-2H3,(H3,14,15,16). The van der Waals surface area contributed by atoms with Crippen molar-refractivity contribution in [3.63, 3.8) is 0 Å². The molecule has 0 aromatic heterocycles. The van der Waals surface area contributed by atoms with E-state index >= 15 is 0 Å². The zero-order chi connectivity index (χ0) is 12.4. The molecule has 0 aliphatic carbocycles. The van der Waals surface area contributed by atoms with Gasteiger partial charge in [-0.3, -0.25) is 0 Å². The molecule has 4 nitrogen and oxygen atoms in total. The van der Waals surface area contributed by atoms with Crippen molar-refractivity contribution in [3.05, 3.63) is 29.6 Å². The van der Waals surface area contributed by atoms with Crippen molar-refractivity contribution in [2.75, 3.05) is 6.61 Å². The van der Waals surface area contributed by atoms with Gasteiger partial charge in [-0.15, -0.1) is 0 Å². The molecule has 3 N–H and O–H groups in total. The lowest BCUT2D eigenvalue weighted by molar-refractivity contribution is 0.333. The minimum absolute atomic E-state index is 0.216. The quantitative estimate of drug-likeness (QED) is 0.606. The highest BCUT2D eigenvalue weighted by molar-refractivity contribution is 5.78. The summed E-state index contributed by atoms with van der Waals surface area (Å²) in [5, 5.41) is 2.99. The van der Waals surface area contributed by atoms with Crippen LogP contribution in [0.2, 0.25) is 0 Å². The van der Waals surface area contributed by atoms with Crippen LogP contribution in [0, 0.1) is 5.82 Å². The highest BCUT2D eigenvalue weighted by Crippen LogP contribution is 2.34. The van der Waals surface area contributed by atoms with Crippen LogP contribution in [-0.2, 0) is 0 Å². The van der Waals surface area contributed by atoms with Crippen LogP contribution >= 0.6 is 0 Å². The summed E-state index contributed by atoms with van der Waals surface area (Å²) in [5.41, 5.74) is 6.49. The normalized spacial score (nSPS) is 19.1. The Labute approximate surface area is 99.7 Å². The maximum absolute atomic E-state index is 13.1. The van der Waals surface area contributed by atoms with E-state index in [2.05, 4.69) is 10.3 Å². The van der Waals surface area contributed by atoms with E-state index < -0.39 is 0 Å². The van der Waals surface area contributed by atoms with Crippen molar-refractivity contribution in [2.24, 2.45) is 10.7 Å². The van der Waals surface area contributed by atoms with Crippen molar-refractivity contribution >= 4 is 5.96 Å². The van der Waals surface area contributed by atoms with Crippen LogP contribution in [0.1, 0.15) is 25.5 Å². The largest absolute Gasteiger partial charge is 0.491 e. The van der Waals surface area contributed by atoms with Crippen molar-refractivity contribution in [1.29, 1.82) is 0 Å². The third kappa shape index (κ3) is 2.67. The molecule has 0 spiro atoms. The number of nitrogens with one attached hydrogen (secondary N) is 1. The summed E-state index contributed by atoms with van der Waals surface area (Å²) >= 11 is 0. The number of halogens is 1. The Bertz CT molecular complexity index is 445. The van der Waals surface area contributed by atoms with E-state index in [1.54, 1.807) is 6.07 Å². The molecule has 0 fully saturated rings. The summed E-state index contributed by atoms with van der Waals surface area (Å²) in [6, 6.07) is 4.42. The second kappa shape index (κ2) is 4.61. The highest BCUT2D eigenvalue weighted by Gasteiger charge is 2.24. The number of hydrogen-bond acceptors (Lipinski definition) is 2. The molecule has 0 bridgehead atoms. The first-order chi connectivity index (χ1) is 8.06. The summed E-state index contributed by atoms with van der Waals surface area (Å²) in [5.74, 6) is 0.744. The third-order valence-electron chi connectivity index (χ3n) is 2.46. The number of fused-ring (bicyclic) bond motifs is 1. The molecule has 1 aromatic carbocycles. The molecule has 0 saturated carbocycles. The van der Waals surface area contributed by atoms with Gasteiger partial charge in [0.25, 0.3) is 0 Å². The summed E-state index contributed by atoms with van der Waals surface area (Å²) in [6.07, 6.45) is 0. The second-order valence-electron chi connectivity index (χ2n) is 4.32. The maximum atomic E-state index is 13.1. The third-order valence-corrected chi connectivity index (χ3v) is 2.46. The number of ether oxygens (including phenoxy) is 1. The Hall–Kier alpha value is -1.78. The number of rotatable bonds is 2. The van der Waals surface area contributed by atoms with E-state index in [-0.39, 0.29) is 17.9 Å². The number of benzene rings is 1. The van der Waals surface area contributed by atoms with Gasteiger partial charge in [0.15, 0.2) is 5.96 Å². The molecular formula is C12H16FN3O. The number of nitrogens with zero attached hydrogens (tertiary/aromatic N) is 1. The molecule has 0 radical (unpaired) electrons. The van der Waals surface area contributed by atoms with Gasteiger partial charge < -0.3 is 15.8 Å². The van der Waals surface area contributed by atoms with Crippen LogP contribution in [0.15, 0.2) is 23.2 Å². The second-order valence-corrected chi connectivity index (χ2v) is 4.32. The van der Waals surface area contributed by atoms with Crippen LogP contribution in [-0.4, -0.2) is 18.6 Å². The average molecular weight is 237 g/mol. The van der Waals surface area contributed by atoms with Crippen LogP contribution in [0.5, 0.6) is 5.75 Å². The Morgan fingerprint density at radius 2 is 2.35 bits per heavy atom. The van der Waals surface area contributed by atoms with Crippen molar-refractivity contribution < 1.29 is 9.13 Å². The van der Waals surface area contributed by atoms with E-state index in [9.17, 15) is 4.39 Å². The van der Waals surface area contributed by atoms with Gasteiger partial charge in [0.1, 0.15) is 24.2 Å². The lowest BCUT2D eigenvalue weighted by Gasteiger charge is -2.10. The number of guanidine groups is 1. The van der Waals surface area contributed by atoms with Gasteiger partial charge in [0.05, 0.1) is 0 Å². The van der Waals surface area contributed by atoms with Crippen molar-refractivity contribution in [3.8, 4) is 5.75 Å². The Kier molecular flexibility index (Phi) is 3.17. The lowest BCUT2D eigenvalue weighted by Crippen LogP contribution is -2.37. The summed E-state index contributed by atoms with van der Waals surface area (Å²) in [6.45, 7) is 4.35. The van der Waals surface area contributed by atoms with E-state index in [0.717, 1.165) is 5.56 Å². The minimum atomic E-state index is -0.287. The minimum Gasteiger partial charge on any atom is -0.491 e. The first-order valence-electron chi connectivity index (χ1n) is 5.58. The van der Waals surface area contributed by atoms with Crippen molar-refractivity contribution in [1.82, 2.24) is 5.32 Å². The van der Waals surface area contributed by atoms with Crippen LogP contribution < -0.4 is 15.8 Å². The molecule has 1 aromatic rings. The van der Waals surface area contributed by atoms with Gasteiger partial charge in [-0.25, -0.2) is 9.38 Å². The Morgan fingerprint density at radius 1 is 1.59 bits per heavy atom. The predicted octanol–water partition coefficient (Wildman–Crippen LogP) is 1.57. The van der Waals surface area contributed by atoms with Gasteiger partial charge in [-0.2, -0.15) is 0 Å². The van der Waals surface area contributed by atoms with Gasteiger partial charge in [-0.05, 0) is 32.0 Å². The molecule has 2 rings (SSSR count). The molecule has 1 atom stereocenters. The Balaban J connectivity index is 2.19. The smallest absolute Gasteiger partial charge is 0.189 e. The van der Waals surface area contributed by atoms with Crippen LogP contribution in [0.25, 0.3) is 0 Å². The van der Waals surface area contributed by atoms with Crippen molar-refractivity contribution in [2.45, 2.75) is 25.9 Å². The Morgan fingerprint density at radius 3 is 3.06 bits per heavy atom. The number of aliphatic imine (C=N–C) groups is 1. The topological polar surface area (TPSA) is 59.6 Å². The summed E-state index contributed by atoms with van der Waals surface area (Å²) in [4.78, 5) is 4.29. The fraction of sp³-hybridized carbons (Fsp3) is 0.417. The molecule has 0 amide bonds. The molecule has 92 valence electrons. The summed E-state index contributed by atoms with van der Waals surface area (Å²) < 4.78 is 18.5. The fourth-order valence-electron chi connectivity index (χ4n) is 1.78. The lowest BCUT2D eigenvalue weighted by atomic mass is 10.1. The number of nitrogens with two attached hydrogens (primary N) is 1. The first-order valence-corrected chi connectivity index (χ1v) is 5.58. The monoisotopic (exact) mass is 237 g/mol. The first kappa shape index (κ1) is 11.7.